The molecule has 23 heavy (non-hydrogen) atoms. The SMILES string of the molecule is Cc1ccc(-c2ccc(CCC3CCC(C)CC3)cc2)c(C)c1. The maximum Gasteiger partial charge on any atom is -0.0155 e. The molecule has 0 aromatic heterocycles. The van der Waals surface area contributed by atoms with Gasteiger partial charge in [0.1, 0.15) is 0 Å². The summed E-state index contributed by atoms with van der Waals surface area (Å²) in [5.41, 5.74) is 6.91. The first-order valence-corrected chi connectivity index (χ1v) is 9.28. The predicted octanol–water partition coefficient (Wildman–Crippen LogP) is 6.73. The van der Waals surface area contributed by atoms with Crippen molar-refractivity contribution in [1.29, 1.82) is 0 Å². The average Bonchev–Trinajstić information content (AvgIpc) is 2.55. The van der Waals surface area contributed by atoms with Crippen molar-refractivity contribution in [3.8, 4) is 11.1 Å². The molecule has 0 amide bonds. The average molecular weight is 306 g/mol. The van der Waals surface area contributed by atoms with E-state index in [4.69, 9.17) is 0 Å². The molecule has 0 nitrogen and oxygen atoms in total. The van der Waals surface area contributed by atoms with Gasteiger partial charge in [0.15, 0.2) is 0 Å². The minimum Gasteiger partial charge on any atom is -0.0625 e. The molecular weight excluding hydrogens is 276 g/mol. The van der Waals surface area contributed by atoms with E-state index in [1.54, 1.807) is 0 Å². The van der Waals surface area contributed by atoms with E-state index in [2.05, 4.69) is 63.2 Å². The van der Waals surface area contributed by atoms with Crippen molar-refractivity contribution in [1.82, 2.24) is 0 Å². The number of hydrogen-bond acceptors (Lipinski definition) is 0. The van der Waals surface area contributed by atoms with E-state index in [0.717, 1.165) is 11.8 Å². The standard InChI is InChI=1S/C23H30/c1-17-4-7-20(8-5-17)9-10-21-11-13-22(14-12-21)23-15-6-18(2)16-19(23)3/h6,11-17,20H,4-5,7-10H2,1-3H3. The monoisotopic (exact) mass is 306 g/mol. The normalized spacial score (nSPS) is 21.3. The molecule has 1 fully saturated rings. The topological polar surface area (TPSA) is 0 Å². The van der Waals surface area contributed by atoms with Crippen molar-refractivity contribution in [2.75, 3.05) is 0 Å². The summed E-state index contributed by atoms with van der Waals surface area (Å²) in [6, 6.07) is 16.0. The van der Waals surface area contributed by atoms with Gasteiger partial charge in [-0.15, -0.1) is 0 Å². The highest BCUT2D eigenvalue weighted by Gasteiger charge is 2.17. The molecule has 2 aromatic rings. The first-order chi connectivity index (χ1) is 11.1. The minimum absolute atomic E-state index is 0.961. The van der Waals surface area contributed by atoms with E-state index in [-0.39, 0.29) is 0 Å². The van der Waals surface area contributed by atoms with Crippen LogP contribution >= 0.6 is 0 Å². The van der Waals surface area contributed by atoms with E-state index < -0.39 is 0 Å². The molecule has 0 radical (unpaired) electrons. The summed E-state index contributed by atoms with van der Waals surface area (Å²) in [5, 5.41) is 0. The Morgan fingerprint density at radius 3 is 2.22 bits per heavy atom. The second kappa shape index (κ2) is 7.34. The largest absolute Gasteiger partial charge is 0.0625 e. The third-order valence-corrected chi connectivity index (χ3v) is 5.62. The maximum atomic E-state index is 2.40. The van der Waals surface area contributed by atoms with Crippen molar-refractivity contribution >= 4 is 0 Å². The Balaban J connectivity index is 1.61. The van der Waals surface area contributed by atoms with Crippen LogP contribution in [0.25, 0.3) is 11.1 Å². The third kappa shape index (κ3) is 4.25. The van der Waals surface area contributed by atoms with Gasteiger partial charge < -0.3 is 0 Å². The Bertz CT molecular complexity index is 628. The van der Waals surface area contributed by atoms with Crippen molar-refractivity contribution in [3.63, 3.8) is 0 Å². The lowest BCUT2D eigenvalue weighted by atomic mass is 9.80. The van der Waals surface area contributed by atoms with Crippen molar-refractivity contribution in [2.45, 2.75) is 59.3 Å². The van der Waals surface area contributed by atoms with Gasteiger partial charge in [-0.05, 0) is 60.8 Å². The second-order valence-corrected chi connectivity index (χ2v) is 7.68. The Labute approximate surface area is 141 Å². The molecular formula is C23H30. The van der Waals surface area contributed by atoms with Gasteiger partial charge in [-0.3, -0.25) is 0 Å². The van der Waals surface area contributed by atoms with E-state index in [9.17, 15) is 0 Å². The summed E-state index contributed by atoms with van der Waals surface area (Å²) in [6.07, 6.45) is 8.39. The fraction of sp³-hybridized carbons (Fsp3) is 0.478. The highest BCUT2D eigenvalue weighted by atomic mass is 14.2. The Kier molecular flexibility index (Phi) is 5.20. The molecule has 122 valence electrons. The van der Waals surface area contributed by atoms with Crippen LogP contribution in [0.2, 0.25) is 0 Å². The van der Waals surface area contributed by atoms with Gasteiger partial charge in [0, 0.05) is 0 Å². The van der Waals surface area contributed by atoms with E-state index >= 15 is 0 Å². The first kappa shape index (κ1) is 16.3. The summed E-state index contributed by atoms with van der Waals surface area (Å²) in [7, 11) is 0. The van der Waals surface area contributed by atoms with E-state index in [1.165, 1.54) is 66.3 Å². The molecule has 3 rings (SSSR count). The van der Waals surface area contributed by atoms with Crippen LogP contribution in [-0.2, 0) is 6.42 Å². The lowest BCUT2D eigenvalue weighted by Gasteiger charge is -2.26. The molecule has 0 N–H and O–H groups in total. The Morgan fingerprint density at radius 1 is 0.870 bits per heavy atom. The summed E-state index contributed by atoms with van der Waals surface area (Å²) in [6.45, 7) is 6.77. The van der Waals surface area contributed by atoms with Crippen LogP contribution in [0.5, 0.6) is 0 Å². The van der Waals surface area contributed by atoms with Crippen LogP contribution in [0.3, 0.4) is 0 Å². The molecule has 0 atom stereocenters. The fourth-order valence-corrected chi connectivity index (χ4v) is 3.98. The van der Waals surface area contributed by atoms with E-state index in [1.807, 2.05) is 0 Å². The number of benzene rings is 2. The van der Waals surface area contributed by atoms with Crippen LogP contribution in [-0.4, -0.2) is 0 Å². The fourth-order valence-electron chi connectivity index (χ4n) is 3.98. The lowest BCUT2D eigenvalue weighted by molar-refractivity contribution is 0.278. The smallest absolute Gasteiger partial charge is 0.0155 e. The highest BCUT2D eigenvalue weighted by molar-refractivity contribution is 5.67. The predicted molar refractivity (Wildman–Crippen MR) is 101 cm³/mol. The molecule has 0 heterocycles. The maximum absolute atomic E-state index is 2.40. The first-order valence-electron chi connectivity index (χ1n) is 9.28. The molecule has 0 spiro atoms. The Morgan fingerprint density at radius 2 is 1.57 bits per heavy atom. The van der Waals surface area contributed by atoms with Crippen LogP contribution in [0.4, 0.5) is 0 Å². The molecule has 0 saturated heterocycles. The zero-order valence-electron chi connectivity index (χ0n) is 14.9. The molecule has 1 aliphatic rings. The van der Waals surface area contributed by atoms with Gasteiger partial charge in [0.2, 0.25) is 0 Å². The zero-order chi connectivity index (χ0) is 16.2. The summed E-state index contributed by atoms with van der Waals surface area (Å²) in [5.74, 6) is 1.92. The van der Waals surface area contributed by atoms with Gasteiger partial charge in [-0.25, -0.2) is 0 Å². The van der Waals surface area contributed by atoms with Crippen molar-refractivity contribution in [2.24, 2.45) is 11.8 Å². The van der Waals surface area contributed by atoms with Gasteiger partial charge in [0.05, 0.1) is 0 Å². The Hall–Kier alpha value is -1.56. The van der Waals surface area contributed by atoms with Crippen LogP contribution in [0.1, 0.15) is 55.7 Å². The second-order valence-electron chi connectivity index (χ2n) is 7.68. The van der Waals surface area contributed by atoms with Crippen LogP contribution in [0.15, 0.2) is 42.5 Å². The molecule has 1 aliphatic carbocycles. The zero-order valence-corrected chi connectivity index (χ0v) is 14.9. The van der Waals surface area contributed by atoms with Gasteiger partial charge in [-0.2, -0.15) is 0 Å². The van der Waals surface area contributed by atoms with Crippen molar-refractivity contribution < 1.29 is 0 Å². The van der Waals surface area contributed by atoms with Gasteiger partial charge >= 0.3 is 0 Å². The third-order valence-electron chi connectivity index (χ3n) is 5.62. The molecule has 2 aromatic carbocycles. The van der Waals surface area contributed by atoms with Crippen LogP contribution in [0, 0.1) is 25.7 Å². The van der Waals surface area contributed by atoms with E-state index in [0.29, 0.717) is 0 Å². The lowest BCUT2D eigenvalue weighted by Crippen LogP contribution is -2.12. The molecule has 0 bridgehead atoms. The molecule has 0 unspecified atom stereocenters. The summed E-state index contributed by atoms with van der Waals surface area (Å²) < 4.78 is 0. The van der Waals surface area contributed by atoms with Crippen LogP contribution < -0.4 is 0 Å². The number of hydrogen-bond donors (Lipinski definition) is 0. The molecule has 0 heteroatoms. The summed E-state index contributed by atoms with van der Waals surface area (Å²) in [4.78, 5) is 0. The van der Waals surface area contributed by atoms with Gasteiger partial charge in [-0.1, -0.05) is 80.6 Å². The van der Waals surface area contributed by atoms with Gasteiger partial charge in [0.25, 0.3) is 0 Å². The number of aryl methyl sites for hydroxylation is 3. The highest BCUT2D eigenvalue weighted by Crippen LogP contribution is 2.31. The number of rotatable bonds is 4. The molecule has 1 saturated carbocycles. The summed E-state index contributed by atoms with van der Waals surface area (Å²) >= 11 is 0. The minimum atomic E-state index is 0.961. The van der Waals surface area contributed by atoms with Crippen molar-refractivity contribution in [3.05, 3.63) is 59.2 Å². The molecule has 0 aliphatic heterocycles. The quantitative estimate of drug-likeness (QED) is 0.587.